The second kappa shape index (κ2) is 4.27. The molecule has 0 aliphatic carbocycles. The SMILES string of the molecule is C/C=C\C1=C(/C=C\C)CN(C)C1. The monoisotopic (exact) mass is 163 g/mol. The predicted molar refractivity (Wildman–Crippen MR) is 54.2 cm³/mol. The van der Waals surface area contributed by atoms with Gasteiger partial charge < -0.3 is 0 Å². The normalized spacial score (nSPS) is 20.6. The molecule has 0 amide bonds. The summed E-state index contributed by atoms with van der Waals surface area (Å²) in [6.07, 6.45) is 8.63. The lowest BCUT2D eigenvalue weighted by molar-refractivity contribution is 0.428. The van der Waals surface area contributed by atoms with Gasteiger partial charge in [0.05, 0.1) is 0 Å². The van der Waals surface area contributed by atoms with E-state index in [1.54, 1.807) is 0 Å². The van der Waals surface area contributed by atoms with Crippen molar-refractivity contribution in [1.29, 1.82) is 0 Å². The summed E-state index contributed by atoms with van der Waals surface area (Å²) < 4.78 is 0. The Morgan fingerprint density at radius 2 is 1.42 bits per heavy atom. The highest BCUT2D eigenvalue weighted by Gasteiger charge is 2.13. The molecule has 0 aromatic carbocycles. The first kappa shape index (κ1) is 9.27. The third-order valence-corrected chi connectivity index (χ3v) is 2.03. The Bertz CT molecular complexity index is 209. The first-order valence-electron chi connectivity index (χ1n) is 4.44. The molecule has 0 unspecified atom stereocenters. The van der Waals surface area contributed by atoms with Crippen molar-refractivity contribution in [2.45, 2.75) is 13.8 Å². The van der Waals surface area contributed by atoms with Gasteiger partial charge in [-0.15, -0.1) is 0 Å². The molecule has 1 nitrogen and oxygen atoms in total. The van der Waals surface area contributed by atoms with Gasteiger partial charge in [0.2, 0.25) is 0 Å². The average molecular weight is 163 g/mol. The van der Waals surface area contributed by atoms with Crippen LogP contribution < -0.4 is 0 Å². The number of hydrogen-bond acceptors (Lipinski definition) is 1. The van der Waals surface area contributed by atoms with Crippen molar-refractivity contribution >= 4 is 0 Å². The Labute approximate surface area is 75.1 Å². The molecule has 0 saturated heterocycles. The minimum Gasteiger partial charge on any atom is -0.298 e. The lowest BCUT2D eigenvalue weighted by Gasteiger charge is -2.04. The standard InChI is InChI=1S/C11H17N/c1-4-6-10-8-12(3)9-11(10)7-5-2/h4-7H,8-9H2,1-3H3/b6-4-,7-5-. The Kier molecular flexibility index (Phi) is 3.30. The minimum atomic E-state index is 1.09. The highest BCUT2D eigenvalue weighted by molar-refractivity contribution is 5.38. The summed E-state index contributed by atoms with van der Waals surface area (Å²) in [5.41, 5.74) is 2.91. The fourth-order valence-corrected chi connectivity index (χ4v) is 1.56. The Balaban J connectivity index is 2.80. The van der Waals surface area contributed by atoms with Crippen LogP contribution in [-0.2, 0) is 0 Å². The molecule has 1 aliphatic heterocycles. The van der Waals surface area contributed by atoms with Crippen molar-refractivity contribution in [1.82, 2.24) is 4.90 Å². The molecule has 0 aromatic heterocycles. The molecule has 0 spiro atoms. The molecule has 1 heterocycles. The summed E-state index contributed by atoms with van der Waals surface area (Å²) >= 11 is 0. The van der Waals surface area contributed by atoms with Crippen LogP contribution in [0.3, 0.4) is 0 Å². The number of allylic oxidation sites excluding steroid dienone is 2. The molecule has 1 heteroatoms. The molecule has 0 aromatic rings. The number of rotatable bonds is 2. The van der Waals surface area contributed by atoms with E-state index in [2.05, 4.69) is 50.1 Å². The van der Waals surface area contributed by atoms with Gasteiger partial charge in [0.25, 0.3) is 0 Å². The van der Waals surface area contributed by atoms with E-state index in [1.807, 2.05) is 0 Å². The zero-order chi connectivity index (χ0) is 8.97. The zero-order valence-corrected chi connectivity index (χ0v) is 8.17. The summed E-state index contributed by atoms with van der Waals surface area (Å²) in [5.74, 6) is 0. The van der Waals surface area contributed by atoms with E-state index in [9.17, 15) is 0 Å². The van der Waals surface area contributed by atoms with Crippen LogP contribution in [0.25, 0.3) is 0 Å². The van der Waals surface area contributed by atoms with Crippen LogP contribution in [0.15, 0.2) is 35.5 Å². The maximum Gasteiger partial charge on any atom is 0.0237 e. The first-order chi connectivity index (χ1) is 5.77. The zero-order valence-electron chi connectivity index (χ0n) is 8.17. The fourth-order valence-electron chi connectivity index (χ4n) is 1.56. The lowest BCUT2D eigenvalue weighted by Crippen LogP contribution is -2.14. The Morgan fingerprint density at radius 1 is 1.00 bits per heavy atom. The van der Waals surface area contributed by atoms with Gasteiger partial charge in [-0.1, -0.05) is 24.3 Å². The number of likely N-dealkylation sites (N-methyl/N-ethyl adjacent to an activating group) is 1. The van der Waals surface area contributed by atoms with Crippen molar-refractivity contribution in [3.05, 3.63) is 35.5 Å². The maximum absolute atomic E-state index is 2.32. The molecule has 0 N–H and O–H groups in total. The van der Waals surface area contributed by atoms with E-state index in [1.165, 1.54) is 11.1 Å². The fraction of sp³-hybridized carbons (Fsp3) is 0.455. The van der Waals surface area contributed by atoms with Crippen molar-refractivity contribution in [2.75, 3.05) is 20.1 Å². The molecule has 1 rings (SSSR count). The van der Waals surface area contributed by atoms with Gasteiger partial charge in [-0.2, -0.15) is 0 Å². The van der Waals surface area contributed by atoms with E-state index in [0.29, 0.717) is 0 Å². The van der Waals surface area contributed by atoms with E-state index in [4.69, 9.17) is 0 Å². The van der Waals surface area contributed by atoms with Gasteiger partial charge in [0.1, 0.15) is 0 Å². The summed E-state index contributed by atoms with van der Waals surface area (Å²) in [6.45, 7) is 6.31. The first-order valence-corrected chi connectivity index (χ1v) is 4.44. The van der Waals surface area contributed by atoms with Gasteiger partial charge in [-0.05, 0) is 32.0 Å². The predicted octanol–water partition coefficient (Wildman–Crippen LogP) is 2.38. The van der Waals surface area contributed by atoms with E-state index in [-0.39, 0.29) is 0 Å². The number of hydrogen-bond donors (Lipinski definition) is 0. The van der Waals surface area contributed by atoms with Crippen LogP contribution in [-0.4, -0.2) is 25.0 Å². The Hall–Kier alpha value is -0.820. The van der Waals surface area contributed by atoms with Crippen LogP contribution in [0.1, 0.15) is 13.8 Å². The average Bonchev–Trinajstić information content (AvgIpc) is 2.33. The minimum absolute atomic E-state index is 1.09. The van der Waals surface area contributed by atoms with Crippen molar-refractivity contribution < 1.29 is 0 Å². The molecule has 12 heavy (non-hydrogen) atoms. The van der Waals surface area contributed by atoms with E-state index in [0.717, 1.165) is 13.1 Å². The summed E-state index contributed by atoms with van der Waals surface area (Å²) in [6, 6.07) is 0. The molecular formula is C11H17N. The molecule has 66 valence electrons. The second-order valence-electron chi connectivity index (χ2n) is 3.22. The smallest absolute Gasteiger partial charge is 0.0237 e. The topological polar surface area (TPSA) is 3.24 Å². The summed E-state index contributed by atoms with van der Waals surface area (Å²) in [4.78, 5) is 2.32. The van der Waals surface area contributed by atoms with Gasteiger partial charge in [-0.3, -0.25) is 4.90 Å². The van der Waals surface area contributed by atoms with E-state index < -0.39 is 0 Å². The highest BCUT2D eigenvalue weighted by Crippen LogP contribution is 2.17. The third kappa shape index (κ3) is 2.08. The molecule has 0 fully saturated rings. The second-order valence-corrected chi connectivity index (χ2v) is 3.22. The molecule has 1 aliphatic rings. The highest BCUT2D eigenvalue weighted by atomic mass is 15.1. The van der Waals surface area contributed by atoms with Crippen molar-refractivity contribution in [3.8, 4) is 0 Å². The maximum atomic E-state index is 2.32. The van der Waals surface area contributed by atoms with Crippen LogP contribution in [0.2, 0.25) is 0 Å². The lowest BCUT2D eigenvalue weighted by atomic mass is 10.1. The molecule has 0 atom stereocenters. The third-order valence-electron chi connectivity index (χ3n) is 2.03. The largest absolute Gasteiger partial charge is 0.298 e. The molecular weight excluding hydrogens is 146 g/mol. The van der Waals surface area contributed by atoms with Crippen LogP contribution in [0.4, 0.5) is 0 Å². The quantitative estimate of drug-likeness (QED) is 0.604. The summed E-state index contributed by atoms with van der Waals surface area (Å²) in [7, 11) is 2.15. The van der Waals surface area contributed by atoms with E-state index >= 15 is 0 Å². The number of nitrogens with zero attached hydrogens (tertiary/aromatic N) is 1. The van der Waals surface area contributed by atoms with Crippen LogP contribution >= 0.6 is 0 Å². The molecule has 0 bridgehead atoms. The van der Waals surface area contributed by atoms with Gasteiger partial charge in [-0.25, -0.2) is 0 Å². The van der Waals surface area contributed by atoms with Crippen molar-refractivity contribution in [2.24, 2.45) is 0 Å². The molecule has 0 radical (unpaired) electrons. The Morgan fingerprint density at radius 3 is 1.75 bits per heavy atom. The van der Waals surface area contributed by atoms with Gasteiger partial charge in [0.15, 0.2) is 0 Å². The van der Waals surface area contributed by atoms with Crippen molar-refractivity contribution in [3.63, 3.8) is 0 Å². The van der Waals surface area contributed by atoms with Gasteiger partial charge >= 0.3 is 0 Å². The molecule has 0 saturated carbocycles. The summed E-state index contributed by atoms with van der Waals surface area (Å²) in [5, 5.41) is 0. The van der Waals surface area contributed by atoms with Gasteiger partial charge in [0, 0.05) is 13.1 Å². The van der Waals surface area contributed by atoms with Crippen LogP contribution in [0, 0.1) is 0 Å². The van der Waals surface area contributed by atoms with Crippen LogP contribution in [0.5, 0.6) is 0 Å².